The van der Waals surface area contributed by atoms with Gasteiger partial charge in [0.1, 0.15) is 5.75 Å². The summed E-state index contributed by atoms with van der Waals surface area (Å²) in [6.45, 7) is 8.73. The van der Waals surface area contributed by atoms with E-state index < -0.39 is 0 Å². The first-order valence-electron chi connectivity index (χ1n) is 11.3. The number of thioether (sulfide) groups is 1. The molecule has 0 amide bonds. The third kappa shape index (κ3) is 6.16. The number of aryl methyl sites for hydroxylation is 2. The Morgan fingerprint density at radius 2 is 2.00 bits per heavy atom. The van der Waals surface area contributed by atoms with Crippen molar-refractivity contribution in [3.05, 3.63) is 28.8 Å². The number of carbonyl (C=O) groups excluding carboxylic acids is 1. The molecule has 2 saturated carbocycles. The van der Waals surface area contributed by atoms with E-state index in [0.29, 0.717) is 25.2 Å². The van der Waals surface area contributed by atoms with Crippen LogP contribution in [0, 0.1) is 18.8 Å². The normalized spacial score (nSPS) is 23.5. The predicted octanol–water partition coefficient (Wildman–Crippen LogP) is 6.18. The van der Waals surface area contributed by atoms with E-state index in [-0.39, 0.29) is 11.4 Å². The van der Waals surface area contributed by atoms with E-state index in [9.17, 15) is 9.90 Å². The predicted molar refractivity (Wildman–Crippen MR) is 122 cm³/mol. The van der Waals surface area contributed by atoms with E-state index in [0.717, 1.165) is 46.6 Å². The third-order valence-corrected chi connectivity index (χ3v) is 8.12. The SMILES string of the molecule is Cc1cc(CCC(=O)OCCCCSC2CC3CCC2C3)cc(C(C)(C)C)c1O. The summed E-state index contributed by atoms with van der Waals surface area (Å²) in [5.74, 6) is 3.47. The molecular formula is C25H38O3S. The Morgan fingerprint density at radius 1 is 1.21 bits per heavy atom. The minimum absolute atomic E-state index is 0.117. The van der Waals surface area contributed by atoms with Crippen LogP contribution < -0.4 is 0 Å². The maximum atomic E-state index is 12.1. The second kappa shape index (κ2) is 9.76. The molecule has 29 heavy (non-hydrogen) atoms. The fourth-order valence-corrected chi connectivity index (χ4v) is 6.51. The van der Waals surface area contributed by atoms with E-state index in [2.05, 4.69) is 32.5 Å². The third-order valence-electron chi connectivity index (χ3n) is 6.59. The fourth-order valence-electron chi connectivity index (χ4n) is 4.90. The number of carbonyl (C=O) groups is 1. The lowest BCUT2D eigenvalue weighted by molar-refractivity contribution is -0.143. The average molecular weight is 419 g/mol. The van der Waals surface area contributed by atoms with Gasteiger partial charge < -0.3 is 9.84 Å². The van der Waals surface area contributed by atoms with Gasteiger partial charge in [0.2, 0.25) is 0 Å². The van der Waals surface area contributed by atoms with Gasteiger partial charge >= 0.3 is 5.97 Å². The van der Waals surface area contributed by atoms with Crippen molar-refractivity contribution in [2.24, 2.45) is 11.8 Å². The van der Waals surface area contributed by atoms with Crippen LogP contribution in [0.25, 0.3) is 0 Å². The lowest BCUT2D eigenvalue weighted by Crippen LogP contribution is -2.13. The van der Waals surface area contributed by atoms with Crippen LogP contribution in [0.4, 0.5) is 0 Å². The molecule has 0 heterocycles. The molecule has 0 radical (unpaired) electrons. The van der Waals surface area contributed by atoms with E-state index in [1.165, 1.54) is 31.4 Å². The summed E-state index contributed by atoms with van der Waals surface area (Å²) in [7, 11) is 0. The van der Waals surface area contributed by atoms with Crippen LogP contribution >= 0.6 is 11.8 Å². The van der Waals surface area contributed by atoms with Gasteiger partial charge in [0.15, 0.2) is 0 Å². The summed E-state index contributed by atoms with van der Waals surface area (Å²) in [5, 5.41) is 11.2. The Hall–Kier alpha value is -1.16. The number of ether oxygens (including phenoxy) is 1. The van der Waals surface area contributed by atoms with Gasteiger partial charge in [-0.2, -0.15) is 11.8 Å². The smallest absolute Gasteiger partial charge is 0.306 e. The lowest BCUT2D eigenvalue weighted by atomic mass is 9.83. The molecule has 1 N–H and O–H groups in total. The molecule has 0 aliphatic heterocycles. The zero-order valence-corrected chi connectivity index (χ0v) is 19.4. The molecule has 3 atom stereocenters. The van der Waals surface area contributed by atoms with Gasteiger partial charge in [-0.25, -0.2) is 0 Å². The first kappa shape index (κ1) is 22.5. The van der Waals surface area contributed by atoms with E-state index in [1.807, 2.05) is 19.1 Å². The largest absolute Gasteiger partial charge is 0.507 e. The van der Waals surface area contributed by atoms with E-state index in [4.69, 9.17) is 4.74 Å². The molecule has 1 aromatic rings. The van der Waals surface area contributed by atoms with E-state index >= 15 is 0 Å². The summed E-state index contributed by atoms with van der Waals surface area (Å²) in [6, 6.07) is 4.01. The lowest BCUT2D eigenvalue weighted by Gasteiger charge is -2.22. The molecule has 3 nitrogen and oxygen atoms in total. The van der Waals surface area contributed by atoms with Crippen molar-refractivity contribution in [1.29, 1.82) is 0 Å². The summed E-state index contributed by atoms with van der Waals surface area (Å²) in [5.41, 5.74) is 2.77. The summed E-state index contributed by atoms with van der Waals surface area (Å²) >= 11 is 2.16. The Labute approximate surface area is 181 Å². The molecule has 4 heteroatoms. The van der Waals surface area contributed by atoms with Crippen LogP contribution in [-0.4, -0.2) is 28.7 Å². The van der Waals surface area contributed by atoms with Gasteiger partial charge in [-0.15, -0.1) is 0 Å². The van der Waals surface area contributed by atoms with Crippen LogP contribution in [0.3, 0.4) is 0 Å². The number of rotatable bonds is 9. The van der Waals surface area contributed by atoms with Crippen molar-refractivity contribution in [1.82, 2.24) is 0 Å². The van der Waals surface area contributed by atoms with Crippen molar-refractivity contribution in [2.75, 3.05) is 12.4 Å². The summed E-state index contributed by atoms with van der Waals surface area (Å²) in [6.07, 6.45) is 9.00. The minimum Gasteiger partial charge on any atom is -0.507 e. The van der Waals surface area contributed by atoms with Crippen molar-refractivity contribution in [3.63, 3.8) is 0 Å². The van der Waals surface area contributed by atoms with Crippen LogP contribution in [0.15, 0.2) is 12.1 Å². The molecule has 2 bridgehead atoms. The quantitative estimate of drug-likeness (QED) is 0.384. The Bertz CT molecular complexity index is 707. The number of hydrogen-bond acceptors (Lipinski definition) is 4. The maximum absolute atomic E-state index is 12.1. The highest BCUT2D eigenvalue weighted by Gasteiger charge is 2.39. The molecule has 1 aromatic carbocycles. The van der Waals surface area contributed by atoms with Crippen LogP contribution in [0.5, 0.6) is 5.75 Å². The number of unbranched alkanes of at least 4 members (excludes halogenated alkanes) is 1. The second-order valence-corrected chi connectivity index (χ2v) is 11.4. The zero-order chi connectivity index (χ0) is 21.0. The molecule has 0 saturated heterocycles. The van der Waals surface area contributed by atoms with Gasteiger partial charge in [0.25, 0.3) is 0 Å². The highest BCUT2D eigenvalue weighted by atomic mass is 32.2. The van der Waals surface area contributed by atoms with Gasteiger partial charge in [0, 0.05) is 11.7 Å². The van der Waals surface area contributed by atoms with Gasteiger partial charge in [-0.1, -0.05) is 39.3 Å². The summed E-state index contributed by atoms with van der Waals surface area (Å²) in [4.78, 5) is 12.1. The molecule has 0 aromatic heterocycles. The fraction of sp³-hybridized carbons (Fsp3) is 0.720. The molecular weight excluding hydrogens is 380 g/mol. The van der Waals surface area contributed by atoms with Crippen molar-refractivity contribution < 1.29 is 14.6 Å². The number of fused-ring (bicyclic) bond motifs is 2. The van der Waals surface area contributed by atoms with Gasteiger partial charge in [-0.05, 0) is 85.1 Å². The highest BCUT2D eigenvalue weighted by molar-refractivity contribution is 7.99. The van der Waals surface area contributed by atoms with Crippen molar-refractivity contribution in [2.45, 2.75) is 89.7 Å². The number of esters is 1. The Morgan fingerprint density at radius 3 is 2.66 bits per heavy atom. The molecule has 2 aliphatic rings. The van der Waals surface area contributed by atoms with Crippen molar-refractivity contribution >= 4 is 17.7 Å². The molecule has 2 fully saturated rings. The minimum atomic E-state index is -0.124. The molecule has 0 spiro atoms. The van der Waals surface area contributed by atoms with Crippen LogP contribution in [0.1, 0.15) is 82.4 Å². The number of hydrogen-bond donors (Lipinski definition) is 1. The topological polar surface area (TPSA) is 46.5 Å². The molecule has 3 rings (SSSR count). The first-order valence-corrected chi connectivity index (χ1v) is 12.4. The number of phenols is 1. The van der Waals surface area contributed by atoms with E-state index in [1.54, 1.807) is 0 Å². The molecule has 3 unspecified atom stereocenters. The van der Waals surface area contributed by atoms with Gasteiger partial charge in [0.05, 0.1) is 6.61 Å². The summed E-state index contributed by atoms with van der Waals surface area (Å²) < 4.78 is 5.44. The highest BCUT2D eigenvalue weighted by Crippen LogP contribution is 2.49. The van der Waals surface area contributed by atoms with Crippen LogP contribution in [0.2, 0.25) is 0 Å². The first-order chi connectivity index (χ1) is 13.7. The number of phenolic OH excluding ortho intramolecular Hbond substituents is 1. The Balaban J connectivity index is 1.31. The van der Waals surface area contributed by atoms with Gasteiger partial charge in [-0.3, -0.25) is 4.79 Å². The maximum Gasteiger partial charge on any atom is 0.306 e. The zero-order valence-electron chi connectivity index (χ0n) is 18.6. The number of aromatic hydroxyl groups is 1. The molecule has 162 valence electrons. The Kier molecular flexibility index (Phi) is 7.58. The standard InChI is InChI=1S/C25H38O3S/c1-17-13-18(15-21(24(17)27)25(2,3)4)8-10-23(26)28-11-5-6-12-29-22-16-19-7-9-20(22)14-19/h13,15,19-20,22,27H,5-12,14,16H2,1-4H3. The second-order valence-electron chi connectivity index (χ2n) is 10.1. The average Bonchev–Trinajstić information content (AvgIpc) is 3.27. The van der Waals surface area contributed by atoms with Crippen molar-refractivity contribution in [3.8, 4) is 5.75 Å². The van der Waals surface area contributed by atoms with Crippen LogP contribution in [-0.2, 0) is 21.4 Å². The molecule has 2 aliphatic carbocycles. The monoisotopic (exact) mass is 418 g/mol. The number of benzene rings is 1.